The van der Waals surface area contributed by atoms with Gasteiger partial charge in [0.05, 0.1) is 11.4 Å². The molecule has 0 aliphatic carbocycles. The minimum atomic E-state index is 0.441. The van der Waals surface area contributed by atoms with Crippen LogP contribution in [0.25, 0.3) is 5.69 Å². The number of rotatable bonds is 9. The standard InChI is InChI=1S/C29H41N5/c1-6-28-27(22-33(23(3)4)21-25-15-13-24(5)14-16-25)29(32-19-17-31(7-2)18-20-32)34(30-28)26-11-9-8-10-12-26/h8-16,23H,6-7,17-22H2,1-5H3. The summed E-state index contributed by atoms with van der Waals surface area (Å²) in [6, 6.07) is 20.1. The van der Waals surface area contributed by atoms with Gasteiger partial charge in [-0.3, -0.25) is 4.90 Å². The van der Waals surface area contributed by atoms with E-state index in [4.69, 9.17) is 5.10 Å². The number of likely N-dealkylation sites (N-methyl/N-ethyl adjacent to an activating group) is 1. The van der Waals surface area contributed by atoms with E-state index in [-0.39, 0.29) is 0 Å². The van der Waals surface area contributed by atoms with Crippen LogP contribution in [0.4, 0.5) is 5.82 Å². The Labute approximate surface area is 206 Å². The van der Waals surface area contributed by atoms with E-state index >= 15 is 0 Å². The van der Waals surface area contributed by atoms with Crippen molar-refractivity contribution < 1.29 is 0 Å². The molecule has 2 heterocycles. The third kappa shape index (κ3) is 5.53. The van der Waals surface area contributed by atoms with Crippen molar-refractivity contribution >= 4 is 5.82 Å². The Hall–Kier alpha value is -2.63. The van der Waals surface area contributed by atoms with Crippen LogP contribution < -0.4 is 4.90 Å². The summed E-state index contributed by atoms with van der Waals surface area (Å²) in [6.45, 7) is 18.5. The Morgan fingerprint density at radius 2 is 1.56 bits per heavy atom. The van der Waals surface area contributed by atoms with Crippen molar-refractivity contribution in [3.05, 3.63) is 77.0 Å². The second-order valence-electron chi connectivity index (χ2n) is 9.76. The van der Waals surface area contributed by atoms with Gasteiger partial charge in [0.2, 0.25) is 0 Å². The maximum Gasteiger partial charge on any atom is 0.137 e. The highest BCUT2D eigenvalue weighted by Gasteiger charge is 2.27. The molecule has 1 aliphatic heterocycles. The highest BCUT2D eigenvalue weighted by atomic mass is 15.4. The lowest BCUT2D eigenvalue weighted by atomic mass is 10.1. The van der Waals surface area contributed by atoms with E-state index in [9.17, 15) is 0 Å². The zero-order valence-electron chi connectivity index (χ0n) is 21.7. The molecule has 2 aromatic carbocycles. The first-order valence-electron chi connectivity index (χ1n) is 12.9. The van der Waals surface area contributed by atoms with E-state index < -0.39 is 0 Å². The van der Waals surface area contributed by atoms with Gasteiger partial charge in [0, 0.05) is 50.9 Å². The van der Waals surface area contributed by atoms with Crippen LogP contribution in [0.3, 0.4) is 0 Å². The monoisotopic (exact) mass is 459 g/mol. The molecule has 0 N–H and O–H groups in total. The van der Waals surface area contributed by atoms with Gasteiger partial charge in [-0.05, 0) is 51.4 Å². The van der Waals surface area contributed by atoms with E-state index in [1.807, 2.05) is 0 Å². The molecule has 0 amide bonds. The van der Waals surface area contributed by atoms with Crippen molar-refractivity contribution in [2.24, 2.45) is 0 Å². The Morgan fingerprint density at radius 3 is 2.15 bits per heavy atom. The molecule has 4 rings (SSSR count). The van der Waals surface area contributed by atoms with Gasteiger partial charge in [0.1, 0.15) is 5.82 Å². The first-order valence-corrected chi connectivity index (χ1v) is 12.9. The molecule has 0 atom stereocenters. The van der Waals surface area contributed by atoms with Crippen LogP contribution >= 0.6 is 0 Å². The Bertz CT molecular complexity index is 1030. The molecular weight excluding hydrogens is 418 g/mol. The van der Waals surface area contributed by atoms with E-state index in [0.29, 0.717) is 6.04 Å². The smallest absolute Gasteiger partial charge is 0.137 e. The average Bonchev–Trinajstić information content (AvgIpc) is 3.23. The Balaban J connectivity index is 1.72. The summed E-state index contributed by atoms with van der Waals surface area (Å²) in [5.74, 6) is 1.29. The van der Waals surface area contributed by atoms with Crippen LogP contribution in [0.15, 0.2) is 54.6 Å². The largest absolute Gasteiger partial charge is 0.354 e. The molecule has 182 valence electrons. The van der Waals surface area contributed by atoms with Gasteiger partial charge < -0.3 is 9.80 Å². The van der Waals surface area contributed by atoms with Crippen LogP contribution in [-0.4, -0.2) is 58.3 Å². The van der Waals surface area contributed by atoms with E-state index in [1.54, 1.807) is 0 Å². The third-order valence-electron chi connectivity index (χ3n) is 7.09. The van der Waals surface area contributed by atoms with Crippen LogP contribution in [-0.2, 0) is 19.5 Å². The summed E-state index contributed by atoms with van der Waals surface area (Å²) in [5, 5.41) is 5.18. The van der Waals surface area contributed by atoms with Gasteiger partial charge in [-0.15, -0.1) is 0 Å². The van der Waals surface area contributed by atoms with Gasteiger partial charge >= 0.3 is 0 Å². The van der Waals surface area contributed by atoms with E-state index in [1.165, 1.54) is 28.2 Å². The predicted molar refractivity (Wildman–Crippen MR) is 143 cm³/mol. The molecule has 0 saturated carbocycles. The quantitative estimate of drug-likeness (QED) is 0.434. The van der Waals surface area contributed by atoms with E-state index in [0.717, 1.165) is 57.9 Å². The molecule has 0 unspecified atom stereocenters. The second kappa shape index (κ2) is 11.2. The topological polar surface area (TPSA) is 27.5 Å². The van der Waals surface area contributed by atoms with Crippen molar-refractivity contribution in [1.82, 2.24) is 19.6 Å². The van der Waals surface area contributed by atoms with Crippen LogP contribution in [0.2, 0.25) is 0 Å². The molecule has 1 fully saturated rings. The first kappa shape index (κ1) is 24.5. The minimum Gasteiger partial charge on any atom is -0.354 e. The summed E-state index contributed by atoms with van der Waals surface area (Å²) in [5.41, 5.74) is 6.42. The molecule has 0 bridgehead atoms. The van der Waals surface area contributed by atoms with Crippen LogP contribution in [0.1, 0.15) is 50.1 Å². The molecule has 0 spiro atoms. The maximum atomic E-state index is 5.18. The number of nitrogens with zero attached hydrogens (tertiary/aromatic N) is 5. The van der Waals surface area contributed by atoms with Crippen LogP contribution in [0, 0.1) is 6.92 Å². The number of para-hydroxylation sites is 1. The lowest BCUT2D eigenvalue weighted by molar-refractivity contribution is 0.203. The number of hydrogen-bond donors (Lipinski definition) is 0. The number of aryl methyl sites for hydroxylation is 2. The fraction of sp³-hybridized carbons (Fsp3) is 0.483. The molecule has 0 radical (unpaired) electrons. The summed E-state index contributed by atoms with van der Waals surface area (Å²) >= 11 is 0. The Kier molecular flexibility index (Phi) is 8.07. The maximum absolute atomic E-state index is 5.18. The highest BCUT2D eigenvalue weighted by molar-refractivity contribution is 5.56. The zero-order chi connectivity index (χ0) is 24.1. The van der Waals surface area contributed by atoms with Crippen molar-refractivity contribution in [3.8, 4) is 5.69 Å². The second-order valence-corrected chi connectivity index (χ2v) is 9.76. The molecule has 5 nitrogen and oxygen atoms in total. The fourth-order valence-corrected chi connectivity index (χ4v) is 4.83. The number of benzene rings is 2. The van der Waals surface area contributed by atoms with Gasteiger partial charge in [0.25, 0.3) is 0 Å². The lowest BCUT2D eigenvalue weighted by Gasteiger charge is -2.37. The predicted octanol–water partition coefficient (Wildman–Crippen LogP) is 5.30. The van der Waals surface area contributed by atoms with Gasteiger partial charge in [-0.1, -0.05) is 61.9 Å². The minimum absolute atomic E-state index is 0.441. The molecule has 3 aromatic rings. The number of hydrogen-bond acceptors (Lipinski definition) is 4. The molecule has 1 aromatic heterocycles. The third-order valence-corrected chi connectivity index (χ3v) is 7.09. The fourth-order valence-electron chi connectivity index (χ4n) is 4.83. The lowest BCUT2D eigenvalue weighted by Crippen LogP contribution is -2.47. The molecule has 34 heavy (non-hydrogen) atoms. The van der Waals surface area contributed by atoms with E-state index in [2.05, 4.69) is 109 Å². The number of piperazine rings is 1. The Morgan fingerprint density at radius 1 is 0.882 bits per heavy atom. The van der Waals surface area contributed by atoms with Crippen molar-refractivity contribution in [2.75, 3.05) is 37.6 Å². The van der Waals surface area contributed by atoms with Gasteiger partial charge in [-0.2, -0.15) is 5.10 Å². The number of aromatic nitrogens is 2. The molecular formula is C29H41N5. The average molecular weight is 460 g/mol. The van der Waals surface area contributed by atoms with Gasteiger partial charge in [-0.25, -0.2) is 4.68 Å². The van der Waals surface area contributed by atoms with Crippen molar-refractivity contribution in [1.29, 1.82) is 0 Å². The summed E-state index contributed by atoms with van der Waals surface area (Å²) in [6.07, 6.45) is 0.938. The first-order chi connectivity index (χ1) is 16.5. The highest BCUT2D eigenvalue weighted by Crippen LogP contribution is 2.31. The summed E-state index contributed by atoms with van der Waals surface area (Å²) < 4.78 is 2.21. The zero-order valence-corrected chi connectivity index (χ0v) is 21.7. The normalized spacial score (nSPS) is 15.0. The van der Waals surface area contributed by atoms with Crippen molar-refractivity contribution in [3.63, 3.8) is 0 Å². The summed E-state index contributed by atoms with van der Waals surface area (Å²) in [4.78, 5) is 7.70. The summed E-state index contributed by atoms with van der Waals surface area (Å²) in [7, 11) is 0. The van der Waals surface area contributed by atoms with Crippen LogP contribution in [0.5, 0.6) is 0 Å². The molecule has 1 saturated heterocycles. The SMILES string of the molecule is CCc1nn(-c2ccccc2)c(N2CCN(CC)CC2)c1CN(Cc1ccc(C)cc1)C(C)C. The molecule has 1 aliphatic rings. The molecule has 5 heteroatoms. The number of anilines is 1. The van der Waals surface area contributed by atoms with Crippen molar-refractivity contribution in [2.45, 2.75) is 60.2 Å². The van der Waals surface area contributed by atoms with Gasteiger partial charge in [0.15, 0.2) is 0 Å².